The van der Waals surface area contributed by atoms with Gasteiger partial charge >= 0.3 is 0 Å². The van der Waals surface area contributed by atoms with Crippen LogP contribution in [-0.2, 0) is 4.74 Å². The van der Waals surface area contributed by atoms with E-state index in [1.807, 2.05) is 26.2 Å². The van der Waals surface area contributed by atoms with Crippen LogP contribution in [0.1, 0.15) is 38.0 Å². The average Bonchev–Trinajstić information content (AvgIpc) is 3.23. The van der Waals surface area contributed by atoms with Crippen molar-refractivity contribution in [3.63, 3.8) is 0 Å². The molecule has 2 N–H and O–H groups in total. The smallest absolute Gasteiger partial charge is 0.191 e. The molecule has 1 heterocycles. The van der Waals surface area contributed by atoms with Crippen molar-refractivity contribution in [3.8, 4) is 0 Å². The standard InChI is InChI=1S/C18H32N4O2.HI/c1-4-19-18(20-10-6-11-23-14-15-8-9-15)21-13-16(22(2)3)17-7-5-12-24-17;/h5,7,12,15-16H,4,6,8-11,13-14H2,1-3H3,(H2,19,20,21);1H. The molecule has 0 aromatic carbocycles. The summed E-state index contributed by atoms with van der Waals surface area (Å²) in [5.41, 5.74) is 0. The van der Waals surface area contributed by atoms with E-state index in [1.165, 1.54) is 12.8 Å². The summed E-state index contributed by atoms with van der Waals surface area (Å²) < 4.78 is 11.2. The van der Waals surface area contributed by atoms with Gasteiger partial charge in [-0.1, -0.05) is 0 Å². The Balaban J connectivity index is 0.00000312. The van der Waals surface area contributed by atoms with Gasteiger partial charge in [0.05, 0.1) is 18.8 Å². The predicted octanol–water partition coefficient (Wildman–Crippen LogP) is 2.87. The van der Waals surface area contributed by atoms with E-state index in [-0.39, 0.29) is 30.0 Å². The molecular weight excluding hydrogens is 431 g/mol. The van der Waals surface area contributed by atoms with Crippen molar-refractivity contribution >= 4 is 29.9 Å². The van der Waals surface area contributed by atoms with Crippen LogP contribution < -0.4 is 10.6 Å². The third-order valence-electron chi connectivity index (χ3n) is 4.07. The first-order valence-corrected chi connectivity index (χ1v) is 9.00. The molecule has 144 valence electrons. The monoisotopic (exact) mass is 464 g/mol. The molecule has 1 unspecified atom stereocenters. The molecule has 2 rings (SSSR count). The number of guanidine groups is 1. The van der Waals surface area contributed by atoms with Gasteiger partial charge in [0.15, 0.2) is 5.96 Å². The summed E-state index contributed by atoms with van der Waals surface area (Å²) in [5, 5.41) is 6.66. The highest BCUT2D eigenvalue weighted by molar-refractivity contribution is 14.0. The molecule has 0 aliphatic heterocycles. The Morgan fingerprint density at radius 3 is 2.80 bits per heavy atom. The number of furan rings is 1. The van der Waals surface area contributed by atoms with E-state index >= 15 is 0 Å². The highest BCUT2D eigenvalue weighted by atomic mass is 127. The molecule has 1 saturated carbocycles. The van der Waals surface area contributed by atoms with Crippen LogP contribution in [0.15, 0.2) is 27.8 Å². The lowest BCUT2D eigenvalue weighted by Gasteiger charge is -2.21. The third kappa shape index (κ3) is 8.91. The van der Waals surface area contributed by atoms with Crippen LogP contribution in [0.2, 0.25) is 0 Å². The molecule has 25 heavy (non-hydrogen) atoms. The molecule has 6 nitrogen and oxygen atoms in total. The Morgan fingerprint density at radius 2 is 2.20 bits per heavy atom. The second-order valence-electron chi connectivity index (χ2n) is 6.51. The lowest BCUT2D eigenvalue weighted by Crippen LogP contribution is -2.38. The zero-order chi connectivity index (χ0) is 17.2. The van der Waals surface area contributed by atoms with Crippen LogP contribution in [0.4, 0.5) is 0 Å². The van der Waals surface area contributed by atoms with Gasteiger partial charge < -0.3 is 19.8 Å². The average molecular weight is 464 g/mol. The predicted molar refractivity (Wildman–Crippen MR) is 113 cm³/mol. The topological polar surface area (TPSA) is 62.0 Å². The van der Waals surface area contributed by atoms with Gasteiger partial charge in [0, 0.05) is 26.3 Å². The molecule has 0 saturated heterocycles. The van der Waals surface area contributed by atoms with Crippen molar-refractivity contribution in [3.05, 3.63) is 24.2 Å². The first kappa shape index (κ1) is 22.2. The third-order valence-corrected chi connectivity index (χ3v) is 4.07. The van der Waals surface area contributed by atoms with Crippen LogP contribution in [0.25, 0.3) is 0 Å². The fourth-order valence-electron chi connectivity index (χ4n) is 2.42. The second-order valence-corrected chi connectivity index (χ2v) is 6.51. The lowest BCUT2D eigenvalue weighted by molar-refractivity contribution is 0.123. The maximum Gasteiger partial charge on any atom is 0.191 e. The first-order valence-electron chi connectivity index (χ1n) is 9.00. The molecule has 0 spiro atoms. The number of ether oxygens (including phenoxy) is 1. The minimum atomic E-state index is 0. The SMILES string of the molecule is CCNC(=NCC(c1ccco1)N(C)C)NCCCOCC1CC1.I. The van der Waals surface area contributed by atoms with E-state index in [1.54, 1.807) is 6.26 Å². The summed E-state index contributed by atoms with van der Waals surface area (Å²) in [7, 11) is 4.08. The number of hydrogen-bond donors (Lipinski definition) is 2. The van der Waals surface area contributed by atoms with Crippen molar-refractivity contribution in [2.45, 2.75) is 32.2 Å². The molecule has 1 aliphatic rings. The van der Waals surface area contributed by atoms with Crippen molar-refractivity contribution < 1.29 is 9.15 Å². The van der Waals surface area contributed by atoms with Crippen LogP contribution in [0.3, 0.4) is 0 Å². The maximum absolute atomic E-state index is 5.66. The van der Waals surface area contributed by atoms with Gasteiger partial charge in [-0.15, -0.1) is 24.0 Å². The second kappa shape index (κ2) is 12.5. The van der Waals surface area contributed by atoms with E-state index in [2.05, 4.69) is 22.5 Å². The highest BCUT2D eigenvalue weighted by Crippen LogP contribution is 2.28. The van der Waals surface area contributed by atoms with E-state index < -0.39 is 0 Å². The molecule has 0 radical (unpaired) electrons. The molecule has 1 atom stereocenters. The summed E-state index contributed by atoms with van der Waals surface area (Å²) >= 11 is 0. The lowest BCUT2D eigenvalue weighted by atomic mass is 10.2. The van der Waals surface area contributed by atoms with E-state index in [0.29, 0.717) is 6.54 Å². The molecule has 1 fully saturated rings. The van der Waals surface area contributed by atoms with Gasteiger partial charge in [-0.2, -0.15) is 0 Å². The number of rotatable bonds is 11. The maximum atomic E-state index is 5.66. The van der Waals surface area contributed by atoms with Crippen molar-refractivity contribution in [1.82, 2.24) is 15.5 Å². The normalized spacial score (nSPS) is 15.8. The summed E-state index contributed by atoms with van der Waals surface area (Å²) in [6.45, 7) is 6.18. The van der Waals surface area contributed by atoms with Crippen LogP contribution in [0.5, 0.6) is 0 Å². The fraction of sp³-hybridized carbons (Fsp3) is 0.722. The van der Waals surface area contributed by atoms with E-state index in [4.69, 9.17) is 14.1 Å². The molecule has 1 aliphatic carbocycles. The minimum absolute atomic E-state index is 0. The molecule has 1 aromatic rings. The zero-order valence-electron chi connectivity index (χ0n) is 15.7. The largest absolute Gasteiger partial charge is 0.468 e. The van der Waals surface area contributed by atoms with Gasteiger partial charge in [-0.05, 0) is 58.3 Å². The number of nitrogens with zero attached hydrogens (tertiary/aromatic N) is 2. The van der Waals surface area contributed by atoms with Gasteiger partial charge in [0.25, 0.3) is 0 Å². The Kier molecular flexibility index (Phi) is 11.2. The first-order chi connectivity index (χ1) is 11.7. The molecule has 7 heteroatoms. The quantitative estimate of drug-likeness (QED) is 0.228. The highest BCUT2D eigenvalue weighted by Gasteiger charge is 2.20. The number of nitrogens with one attached hydrogen (secondary N) is 2. The Bertz CT molecular complexity index is 475. The Morgan fingerprint density at radius 1 is 1.40 bits per heavy atom. The van der Waals surface area contributed by atoms with Gasteiger partial charge in [0.1, 0.15) is 5.76 Å². The fourth-order valence-corrected chi connectivity index (χ4v) is 2.42. The summed E-state index contributed by atoms with van der Waals surface area (Å²) in [6.07, 6.45) is 5.39. The Labute approximate surface area is 168 Å². The van der Waals surface area contributed by atoms with Crippen LogP contribution in [-0.4, -0.2) is 57.8 Å². The summed E-state index contributed by atoms with van der Waals surface area (Å²) in [6, 6.07) is 4.05. The number of halogens is 1. The van der Waals surface area contributed by atoms with Gasteiger partial charge in [0.2, 0.25) is 0 Å². The summed E-state index contributed by atoms with van der Waals surface area (Å²) in [4.78, 5) is 6.82. The van der Waals surface area contributed by atoms with Crippen molar-refractivity contribution in [2.75, 3.05) is 46.9 Å². The zero-order valence-corrected chi connectivity index (χ0v) is 18.0. The van der Waals surface area contributed by atoms with E-state index in [0.717, 1.165) is 50.4 Å². The van der Waals surface area contributed by atoms with Gasteiger partial charge in [-0.3, -0.25) is 9.89 Å². The number of likely N-dealkylation sites (N-methyl/N-ethyl adjacent to an activating group) is 1. The van der Waals surface area contributed by atoms with Crippen molar-refractivity contribution in [2.24, 2.45) is 10.9 Å². The number of hydrogen-bond acceptors (Lipinski definition) is 4. The van der Waals surface area contributed by atoms with E-state index in [9.17, 15) is 0 Å². The van der Waals surface area contributed by atoms with Gasteiger partial charge in [-0.25, -0.2) is 0 Å². The van der Waals surface area contributed by atoms with Crippen LogP contribution in [0, 0.1) is 5.92 Å². The molecule has 1 aromatic heterocycles. The summed E-state index contributed by atoms with van der Waals surface area (Å²) in [5.74, 6) is 2.62. The van der Waals surface area contributed by atoms with Crippen molar-refractivity contribution in [1.29, 1.82) is 0 Å². The molecule has 0 bridgehead atoms. The number of aliphatic imine (C=N–C) groups is 1. The Hall–Kier alpha value is -0.800. The minimum Gasteiger partial charge on any atom is -0.468 e. The van der Waals surface area contributed by atoms with Crippen LogP contribution >= 0.6 is 24.0 Å². The molecular formula is C18H33IN4O2. The molecule has 0 amide bonds.